The van der Waals surface area contributed by atoms with Crippen molar-refractivity contribution in [1.82, 2.24) is 19.6 Å². The van der Waals surface area contributed by atoms with E-state index in [1.807, 2.05) is 18.3 Å². The van der Waals surface area contributed by atoms with E-state index in [0.717, 1.165) is 35.4 Å². The van der Waals surface area contributed by atoms with Crippen molar-refractivity contribution < 1.29 is 17.9 Å². The molecule has 1 N–H and O–H groups in total. The average Bonchev–Trinajstić information content (AvgIpc) is 3.33. The third-order valence-corrected chi connectivity index (χ3v) is 6.03. The van der Waals surface area contributed by atoms with Crippen LogP contribution in [0.25, 0.3) is 21.5 Å². The minimum absolute atomic E-state index is 0.243. The summed E-state index contributed by atoms with van der Waals surface area (Å²) in [5, 5.41) is 16.6. The van der Waals surface area contributed by atoms with E-state index in [4.69, 9.17) is 5.41 Å². The van der Waals surface area contributed by atoms with Crippen molar-refractivity contribution in [3.8, 4) is 17.0 Å². The molecule has 0 aliphatic carbocycles. The van der Waals surface area contributed by atoms with Crippen LogP contribution in [-0.2, 0) is 19.5 Å². The van der Waals surface area contributed by atoms with E-state index in [1.165, 1.54) is 30.2 Å². The average molecular weight is 462 g/mol. The number of fused-ring (bicyclic) bond motifs is 1. The molecule has 0 aliphatic rings. The Balaban J connectivity index is 1.45. The van der Waals surface area contributed by atoms with E-state index in [-0.39, 0.29) is 10.6 Å². The van der Waals surface area contributed by atoms with Crippen molar-refractivity contribution in [1.29, 1.82) is 5.41 Å². The Morgan fingerprint density at radius 3 is 2.59 bits per heavy atom. The van der Waals surface area contributed by atoms with Gasteiger partial charge in [0.1, 0.15) is 11.4 Å². The molecule has 168 valence electrons. The maximum Gasteiger partial charge on any atom is 0.573 e. The standard InChI is InChI=1S/C22H22F3N5OS/c1-2-3-4-15-5-7-16(8-6-15)18-14-29(28-27-18)11-12-30-19-10-9-17(31-22(23,24)25)13-20(19)32-21(30)26/h5-10,13-14,26H,2-4,11-12H2,1H3. The molecule has 10 heteroatoms. The molecule has 0 radical (unpaired) electrons. The summed E-state index contributed by atoms with van der Waals surface area (Å²) in [7, 11) is 0. The predicted molar refractivity (Wildman–Crippen MR) is 116 cm³/mol. The maximum absolute atomic E-state index is 12.5. The van der Waals surface area contributed by atoms with Crippen LogP contribution in [0.1, 0.15) is 25.3 Å². The van der Waals surface area contributed by atoms with Crippen molar-refractivity contribution in [2.24, 2.45) is 0 Å². The molecule has 32 heavy (non-hydrogen) atoms. The number of halogens is 3. The summed E-state index contributed by atoms with van der Waals surface area (Å²) >= 11 is 1.10. The minimum atomic E-state index is -4.74. The smallest absolute Gasteiger partial charge is 0.406 e. The Bertz CT molecular complexity index is 1260. The van der Waals surface area contributed by atoms with Gasteiger partial charge in [-0.05, 0) is 36.6 Å². The predicted octanol–water partition coefficient (Wildman–Crippen LogP) is 5.38. The van der Waals surface area contributed by atoms with Gasteiger partial charge in [-0.2, -0.15) is 0 Å². The van der Waals surface area contributed by atoms with Crippen LogP contribution in [0.4, 0.5) is 13.2 Å². The first-order chi connectivity index (χ1) is 15.3. The Kier molecular flexibility index (Phi) is 6.31. The second-order valence-corrected chi connectivity index (χ2v) is 8.43. The zero-order chi connectivity index (χ0) is 22.7. The van der Waals surface area contributed by atoms with Gasteiger partial charge in [-0.15, -0.1) is 18.3 Å². The first-order valence-corrected chi connectivity index (χ1v) is 11.1. The lowest BCUT2D eigenvalue weighted by Gasteiger charge is -2.09. The Morgan fingerprint density at radius 1 is 1.09 bits per heavy atom. The number of alkyl halides is 3. The van der Waals surface area contributed by atoms with Crippen molar-refractivity contribution >= 4 is 21.6 Å². The number of hydrogen-bond acceptors (Lipinski definition) is 5. The van der Waals surface area contributed by atoms with Crippen LogP contribution in [0, 0.1) is 5.41 Å². The molecule has 0 unspecified atom stereocenters. The summed E-state index contributed by atoms with van der Waals surface area (Å²) < 4.78 is 45.3. The largest absolute Gasteiger partial charge is 0.573 e. The summed E-state index contributed by atoms with van der Waals surface area (Å²) in [6.07, 6.45) is 0.504. The van der Waals surface area contributed by atoms with Crippen LogP contribution in [0.3, 0.4) is 0 Å². The number of aryl methyl sites for hydroxylation is 3. The van der Waals surface area contributed by atoms with E-state index < -0.39 is 6.36 Å². The first-order valence-electron chi connectivity index (χ1n) is 10.3. The van der Waals surface area contributed by atoms with E-state index in [0.29, 0.717) is 23.3 Å². The summed E-state index contributed by atoms with van der Waals surface area (Å²) in [5.74, 6) is -0.292. The highest BCUT2D eigenvalue weighted by atomic mass is 32.1. The zero-order valence-corrected chi connectivity index (χ0v) is 18.2. The SMILES string of the molecule is CCCCc1ccc(-c2cn(CCn3c(=N)sc4cc(OC(F)(F)F)ccc43)nn2)cc1. The summed E-state index contributed by atoms with van der Waals surface area (Å²) in [6, 6.07) is 12.4. The quantitative estimate of drug-likeness (QED) is 0.383. The molecule has 0 saturated heterocycles. The second-order valence-electron chi connectivity index (χ2n) is 7.40. The van der Waals surface area contributed by atoms with Gasteiger partial charge < -0.3 is 9.30 Å². The minimum Gasteiger partial charge on any atom is -0.406 e. The first kappa shape index (κ1) is 22.1. The highest BCUT2D eigenvalue weighted by Gasteiger charge is 2.31. The van der Waals surface area contributed by atoms with Crippen LogP contribution in [0.5, 0.6) is 5.75 Å². The van der Waals surface area contributed by atoms with Crippen LogP contribution in [0.15, 0.2) is 48.7 Å². The molecule has 0 saturated carbocycles. The van der Waals surface area contributed by atoms with Crippen molar-refractivity contribution in [3.63, 3.8) is 0 Å². The summed E-state index contributed by atoms with van der Waals surface area (Å²) in [6.45, 7) is 3.09. The molecule has 0 bridgehead atoms. The molecule has 6 nitrogen and oxygen atoms in total. The van der Waals surface area contributed by atoms with Crippen LogP contribution in [0.2, 0.25) is 0 Å². The molecule has 0 fully saturated rings. The number of hydrogen-bond donors (Lipinski definition) is 1. The number of aromatic nitrogens is 4. The van der Waals surface area contributed by atoms with Gasteiger partial charge in [-0.3, -0.25) is 10.1 Å². The lowest BCUT2D eigenvalue weighted by atomic mass is 10.1. The van der Waals surface area contributed by atoms with E-state index >= 15 is 0 Å². The third-order valence-electron chi connectivity index (χ3n) is 5.07. The Hall–Kier alpha value is -3.14. The van der Waals surface area contributed by atoms with Crippen molar-refractivity contribution in [3.05, 3.63) is 59.0 Å². The van der Waals surface area contributed by atoms with Gasteiger partial charge in [0, 0.05) is 12.1 Å². The molecule has 4 rings (SSSR count). The van der Waals surface area contributed by atoms with Gasteiger partial charge in [0.15, 0.2) is 4.80 Å². The van der Waals surface area contributed by atoms with E-state index in [1.54, 1.807) is 9.25 Å². The normalized spacial score (nSPS) is 11.9. The number of nitrogens with zero attached hydrogens (tertiary/aromatic N) is 4. The van der Waals surface area contributed by atoms with Gasteiger partial charge in [0.05, 0.1) is 23.0 Å². The third kappa shape index (κ3) is 5.18. The second kappa shape index (κ2) is 9.15. The molecule has 2 heterocycles. The fraction of sp³-hybridized carbons (Fsp3) is 0.318. The monoisotopic (exact) mass is 461 g/mol. The number of ether oxygens (including phenoxy) is 1. The van der Waals surface area contributed by atoms with Crippen LogP contribution < -0.4 is 9.54 Å². The molecular weight excluding hydrogens is 439 g/mol. The fourth-order valence-electron chi connectivity index (χ4n) is 3.45. The summed E-state index contributed by atoms with van der Waals surface area (Å²) in [4.78, 5) is 0.243. The van der Waals surface area contributed by atoms with Gasteiger partial charge in [-0.1, -0.05) is 54.2 Å². The molecule has 2 aromatic carbocycles. The Morgan fingerprint density at radius 2 is 1.88 bits per heavy atom. The molecule has 2 aromatic heterocycles. The van der Waals surface area contributed by atoms with Crippen LogP contribution >= 0.6 is 11.3 Å². The number of benzene rings is 2. The molecule has 0 atom stereocenters. The highest BCUT2D eigenvalue weighted by Crippen LogP contribution is 2.28. The number of unbranched alkanes of at least 4 members (excludes halogenated alkanes) is 1. The van der Waals surface area contributed by atoms with Crippen LogP contribution in [-0.4, -0.2) is 25.9 Å². The maximum atomic E-state index is 12.5. The van der Waals surface area contributed by atoms with E-state index in [2.05, 4.69) is 34.1 Å². The highest BCUT2D eigenvalue weighted by molar-refractivity contribution is 7.16. The van der Waals surface area contributed by atoms with Gasteiger partial charge >= 0.3 is 6.36 Å². The molecule has 0 spiro atoms. The molecule has 0 aliphatic heterocycles. The number of rotatable bonds is 8. The molecule has 0 amide bonds. The molecular formula is C22H22F3N5OS. The van der Waals surface area contributed by atoms with Gasteiger partial charge in [0.2, 0.25) is 0 Å². The number of nitrogens with one attached hydrogen (secondary N) is 1. The summed E-state index contributed by atoms with van der Waals surface area (Å²) in [5.41, 5.74) is 3.74. The van der Waals surface area contributed by atoms with Crippen molar-refractivity contribution in [2.45, 2.75) is 45.6 Å². The fourth-order valence-corrected chi connectivity index (χ4v) is 4.42. The number of thiazole rings is 1. The van der Waals surface area contributed by atoms with Gasteiger partial charge in [0.25, 0.3) is 0 Å². The lowest BCUT2D eigenvalue weighted by Crippen LogP contribution is -2.17. The lowest BCUT2D eigenvalue weighted by molar-refractivity contribution is -0.274. The van der Waals surface area contributed by atoms with Crippen molar-refractivity contribution in [2.75, 3.05) is 0 Å². The molecule has 4 aromatic rings. The zero-order valence-electron chi connectivity index (χ0n) is 17.4. The van der Waals surface area contributed by atoms with Gasteiger partial charge in [-0.25, -0.2) is 0 Å². The topological polar surface area (TPSA) is 68.7 Å². The Labute approximate surface area is 186 Å². The van der Waals surface area contributed by atoms with E-state index in [9.17, 15) is 13.2 Å².